The highest BCUT2D eigenvalue weighted by molar-refractivity contribution is 6.02. The summed E-state index contributed by atoms with van der Waals surface area (Å²) in [5.41, 5.74) is 5.32. The maximum atomic E-state index is 12.9. The van der Waals surface area contributed by atoms with Crippen molar-refractivity contribution in [1.29, 1.82) is 0 Å². The van der Waals surface area contributed by atoms with E-state index in [2.05, 4.69) is 10.6 Å². The number of hydrogen-bond donors (Lipinski definition) is 2. The van der Waals surface area contributed by atoms with Gasteiger partial charge in [0.15, 0.2) is 0 Å². The molecule has 0 unspecified atom stereocenters. The molecular formula is C22H27N3O2. The molecule has 1 saturated heterocycles. The van der Waals surface area contributed by atoms with Crippen molar-refractivity contribution in [3.8, 4) is 0 Å². The second kappa shape index (κ2) is 8.25. The molecule has 0 saturated carbocycles. The largest absolute Gasteiger partial charge is 0.375 e. The van der Waals surface area contributed by atoms with Crippen LogP contribution < -0.4 is 10.6 Å². The summed E-state index contributed by atoms with van der Waals surface area (Å²) in [4.78, 5) is 27.2. The number of likely N-dealkylation sites (tertiary alicyclic amines) is 1. The van der Waals surface area contributed by atoms with Crippen LogP contribution in [-0.4, -0.2) is 36.3 Å². The number of nitrogens with zero attached hydrogens (tertiary/aromatic N) is 1. The topological polar surface area (TPSA) is 61.4 Å². The van der Waals surface area contributed by atoms with E-state index in [-0.39, 0.29) is 18.4 Å². The summed E-state index contributed by atoms with van der Waals surface area (Å²) in [6, 6.07) is 11.5. The molecule has 0 aromatic heterocycles. The van der Waals surface area contributed by atoms with Crippen LogP contribution in [0.15, 0.2) is 36.4 Å². The molecular weight excluding hydrogens is 338 g/mol. The lowest BCUT2D eigenvalue weighted by molar-refractivity contribution is -0.114. The number of anilines is 2. The summed E-state index contributed by atoms with van der Waals surface area (Å²) in [5, 5.41) is 6.10. The van der Waals surface area contributed by atoms with Gasteiger partial charge in [-0.2, -0.15) is 0 Å². The minimum absolute atomic E-state index is 0.0445. The maximum Gasteiger partial charge on any atom is 0.256 e. The molecule has 2 N–H and O–H groups in total. The van der Waals surface area contributed by atoms with Crippen LogP contribution in [-0.2, 0) is 4.79 Å². The van der Waals surface area contributed by atoms with Crippen molar-refractivity contribution in [2.45, 2.75) is 33.6 Å². The predicted octanol–water partition coefficient (Wildman–Crippen LogP) is 3.90. The van der Waals surface area contributed by atoms with Crippen molar-refractivity contribution in [3.63, 3.8) is 0 Å². The third-order valence-electron chi connectivity index (χ3n) is 5.20. The van der Waals surface area contributed by atoms with Gasteiger partial charge in [-0.3, -0.25) is 9.59 Å². The number of amides is 2. The fourth-order valence-electron chi connectivity index (χ4n) is 3.43. The summed E-state index contributed by atoms with van der Waals surface area (Å²) in [6.07, 6.45) is 2.11. The van der Waals surface area contributed by atoms with Gasteiger partial charge in [0, 0.05) is 24.5 Å². The first-order valence-corrected chi connectivity index (χ1v) is 9.46. The van der Waals surface area contributed by atoms with E-state index in [0.29, 0.717) is 11.3 Å². The van der Waals surface area contributed by atoms with E-state index in [1.807, 2.05) is 62.1 Å². The van der Waals surface area contributed by atoms with Gasteiger partial charge in [0.2, 0.25) is 5.91 Å². The fraction of sp³-hybridized carbons (Fsp3) is 0.364. The molecule has 27 heavy (non-hydrogen) atoms. The highest BCUT2D eigenvalue weighted by Gasteiger charge is 2.23. The van der Waals surface area contributed by atoms with E-state index < -0.39 is 0 Å². The molecule has 1 fully saturated rings. The highest BCUT2D eigenvalue weighted by Crippen LogP contribution is 2.24. The molecule has 1 heterocycles. The molecule has 1 aliphatic rings. The molecule has 0 radical (unpaired) electrons. The van der Waals surface area contributed by atoms with Gasteiger partial charge in [-0.15, -0.1) is 0 Å². The molecule has 5 heteroatoms. The second-order valence-electron chi connectivity index (χ2n) is 7.15. The van der Waals surface area contributed by atoms with Gasteiger partial charge in [-0.1, -0.05) is 24.3 Å². The Bertz CT molecular complexity index is 855. The number of benzene rings is 2. The van der Waals surface area contributed by atoms with Crippen molar-refractivity contribution in [2.75, 3.05) is 30.3 Å². The summed E-state index contributed by atoms with van der Waals surface area (Å²) in [6.45, 7) is 7.67. The Balaban J connectivity index is 1.70. The lowest BCUT2D eigenvalue weighted by Crippen LogP contribution is -2.30. The second-order valence-corrected chi connectivity index (χ2v) is 7.15. The van der Waals surface area contributed by atoms with Crippen LogP contribution in [0.1, 0.15) is 39.9 Å². The Morgan fingerprint density at radius 2 is 1.56 bits per heavy atom. The molecule has 0 spiro atoms. The van der Waals surface area contributed by atoms with Crippen molar-refractivity contribution < 1.29 is 9.59 Å². The average molecular weight is 365 g/mol. The van der Waals surface area contributed by atoms with Crippen molar-refractivity contribution in [2.24, 2.45) is 0 Å². The first-order chi connectivity index (χ1) is 13.0. The summed E-state index contributed by atoms with van der Waals surface area (Å²) >= 11 is 0. The Kier molecular flexibility index (Phi) is 5.79. The monoisotopic (exact) mass is 365 g/mol. The van der Waals surface area contributed by atoms with Crippen molar-refractivity contribution >= 4 is 23.2 Å². The van der Waals surface area contributed by atoms with Crippen LogP contribution in [0.5, 0.6) is 0 Å². The number of carbonyl (C=O) groups is 2. The van der Waals surface area contributed by atoms with E-state index in [1.165, 1.54) is 0 Å². The zero-order valence-electron chi connectivity index (χ0n) is 16.3. The third kappa shape index (κ3) is 4.30. The molecule has 2 aromatic rings. The van der Waals surface area contributed by atoms with Crippen molar-refractivity contribution in [3.05, 3.63) is 58.7 Å². The van der Waals surface area contributed by atoms with Gasteiger partial charge in [-0.25, -0.2) is 0 Å². The molecule has 0 atom stereocenters. The number of aryl methyl sites for hydroxylation is 2. The van der Waals surface area contributed by atoms with E-state index in [9.17, 15) is 9.59 Å². The first-order valence-electron chi connectivity index (χ1n) is 9.46. The summed E-state index contributed by atoms with van der Waals surface area (Å²) in [7, 11) is 0. The lowest BCUT2D eigenvalue weighted by atomic mass is 10.0. The van der Waals surface area contributed by atoms with E-state index in [4.69, 9.17) is 0 Å². The number of nitrogens with one attached hydrogen (secondary N) is 2. The zero-order valence-corrected chi connectivity index (χ0v) is 16.3. The predicted molar refractivity (Wildman–Crippen MR) is 109 cm³/mol. The minimum Gasteiger partial charge on any atom is -0.375 e. The van der Waals surface area contributed by atoms with Crippen molar-refractivity contribution in [1.82, 2.24) is 4.90 Å². The number of hydrogen-bond acceptors (Lipinski definition) is 3. The number of carbonyl (C=O) groups excluding carboxylic acids is 2. The van der Waals surface area contributed by atoms with Crippen LogP contribution in [0, 0.1) is 20.8 Å². The SMILES string of the molecule is Cc1cccc(NC(=O)CNc2cccc(C)c2C(=O)N2CCCC2)c1C. The Morgan fingerprint density at radius 1 is 0.926 bits per heavy atom. The van der Waals surface area contributed by atoms with Crippen LogP contribution in [0.2, 0.25) is 0 Å². The van der Waals surface area contributed by atoms with Crippen LogP contribution in [0.3, 0.4) is 0 Å². The highest BCUT2D eigenvalue weighted by atomic mass is 16.2. The molecule has 0 bridgehead atoms. The summed E-state index contributed by atoms with van der Waals surface area (Å²) < 4.78 is 0. The van der Waals surface area contributed by atoms with E-state index in [0.717, 1.165) is 48.3 Å². The molecule has 1 aliphatic heterocycles. The molecule has 2 aromatic carbocycles. The third-order valence-corrected chi connectivity index (χ3v) is 5.20. The molecule has 2 amide bonds. The quantitative estimate of drug-likeness (QED) is 0.845. The van der Waals surface area contributed by atoms with E-state index in [1.54, 1.807) is 0 Å². The zero-order chi connectivity index (χ0) is 19.4. The van der Waals surface area contributed by atoms with Gasteiger partial charge in [0.25, 0.3) is 5.91 Å². The average Bonchev–Trinajstić information content (AvgIpc) is 3.18. The van der Waals surface area contributed by atoms with Crippen LogP contribution >= 0.6 is 0 Å². The molecule has 0 aliphatic carbocycles. The smallest absolute Gasteiger partial charge is 0.256 e. The van der Waals surface area contributed by atoms with E-state index >= 15 is 0 Å². The molecule has 3 rings (SSSR count). The standard InChI is InChI=1S/C22H27N3O2/c1-15-8-6-10-18(17(15)3)24-20(26)14-23-19-11-7-9-16(2)21(19)22(27)25-12-4-5-13-25/h6-11,23H,4-5,12-14H2,1-3H3,(H,24,26). The minimum atomic E-state index is -0.134. The summed E-state index contributed by atoms with van der Waals surface area (Å²) in [5.74, 6) is -0.0900. The van der Waals surface area contributed by atoms with Gasteiger partial charge in [-0.05, 0) is 62.4 Å². The normalized spacial score (nSPS) is 13.5. The number of rotatable bonds is 5. The van der Waals surface area contributed by atoms with Gasteiger partial charge >= 0.3 is 0 Å². The lowest BCUT2D eigenvalue weighted by Gasteiger charge is -2.20. The van der Waals surface area contributed by atoms with Gasteiger partial charge in [0.05, 0.1) is 12.1 Å². The van der Waals surface area contributed by atoms with Crippen LogP contribution in [0.25, 0.3) is 0 Å². The Hall–Kier alpha value is -2.82. The maximum absolute atomic E-state index is 12.9. The van der Waals surface area contributed by atoms with Gasteiger partial charge in [0.1, 0.15) is 0 Å². The first kappa shape index (κ1) is 19.0. The van der Waals surface area contributed by atoms with Crippen LogP contribution in [0.4, 0.5) is 11.4 Å². The Morgan fingerprint density at radius 3 is 2.26 bits per heavy atom. The molecule has 142 valence electrons. The fourth-order valence-corrected chi connectivity index (χ4v) is 3.43. The molecule has 5 nitrogen and oxygen atoms in total. The Labute approximate surface area is 160 Å². The van der Waals surface area contributed by atoms with Gasteiger partial charge < -0.3 is 15.5 Å².